The standard InChI is InChI=1S/C12H26O4/c1-3-5-6-7-8-9-10-11-12-14-16-15-13-4-2/h3-12H2,1-2H3. The van der Waals surface area contributed by atoms with Crippen molar-refractivity contribution in [1.82, 2.24) is 0 Å². The van der Waals surface area contributed by atoms with Crippen molar-refractivity contribution >= 4 is 0 Å². The molecule has 0 spiro atoms. The van der Waals surface area contributed by atoms with E-state index in [1.165, 1.54) is 44.9 Å². The zero-order valence-corrected chi connectivity index (χ0v) is 10.7. The van der Waals surface area contributed by atoms with Gasteiger partial charge in [-0.15, -0.1) is 0 Å². The summed E-state index contributed by atoms with van der Waals surface area (Å²) in [6, 6.07) is 0. The summed E-state index contributed by atoms with van der Waals surface area (Å²) in [7, 11) is 0. The lowest BCUT2D eigenvalue weighted by Gasteiger charge is -2.02. The van der Waals surface area contributed by atoms with Gasteiger partial charge in [0.25, 0.3) is 0 Å². The Balaban J connectivity index is 2.83. The zero-order valence-electron chi connectivity index (χ0n) is 10.7. The molecule has 0 aliphatic heterocycles. The van der Waals surface area contributed by atoms with E-state index < -0.39 is 0 Å². The SMILES string of the molecule is CCCCCCCCCCOOOOCC. The molecule has 0 unspecified atom stereocenters. The fraction of sp³-hybridized carbons (Fsp3) is 1.00. The van der Waals surface area contributed by atoms with E-state index in [4.69, 9.17) is 4.89 Å². The molecule has 0 amide bonds. The van der Waals surface area contributed by atoms with Crippen LogP contribution in [0.25, 0.3) is 0 Å². The van der Waals surface area contributed by atoms with Gasteiger partial charge in [-0.2, -0.15) is 0 Å². The molecule has 98 valence electrons. The number of hydrogen-bond acceptors (Lipinski definition) is 4. The highest BCUT2D eigenvalue weighted by atomic mass is 17.7. The van der Waals surface area contributed by atoms with Gasteiger partial charge < -0.3 is 0 Å². The first-order valence-electron chi connectivity index (χ1n) is 6.49. The third-order valence-corrected chi connectivity index (χ3v) is 2.32. The van der Waals surface area contributed by atoms with Gasteiger partial charge in [0.1, 0.15) is 0 Å². The predicted molar refractivity (Wildman–Crippen MR) is 62.4 cm³/mol. The van der Waals surface area contributed by atoms with Crippen LogP contribution in [-0.4, -0.2) is 13.2 Å². The van der Waals surface area contributed by atoms with Crippen LogP contribution in [0.4, 0.5) is 0 Å². The van der Waals surface area contributed by atoms with Crippen molar-refractivity contribution in [2.24, 2.45) is 0 Å². The Bertz CT molecular complexity index is 106. The third kappa shape index (κ3) is 13.8. The van der Waals surface area contributed by atoms with Gasteiger partial charge in [0.15, 0.2) is 0 Å². The van der Waals surface area contributed by atoms with Crippen molar-refractivity contribution in [1.29, 1.82) is 0 Å². The van der Waals surface area contributed by atoms with Crippen molar-refractivity contribution in [2.75, 3.05) is 13.2 Å². The number of unbranched alkanes of at least 4 members (excludes halogenated alkanes) is 7. The molecule has 0 aromatic heterocycles. The molecular weight excluding hydrogens is 208 g/mol. The monoisotopic (exact) mass is 234 g/mol. The number of hydrogen-bond donors (Lipinski definition) is 0. The summed E-state index contributed by atoms with van der Waals surface area (Å²) in [5.74, 6) is 0. The van der Waals surface area contributed by atoms with Crippen LogP contribution in [0.5, 0.6) is 0 Å². The molecule has 0 bridgehead atoms. The second-order valence-electron chi connectivity index (χ2n) is 3.84. The molecule has 0 heterocycles. The fourth-order valence-corrected chi connectivity index (χ4v) is 1.42. The molecule has 0 aromatic rings. The lowest BCUT2D eigenvalue weighted by molar-refractivity contribution is -0.633. The molecule has 0 radical (unpaired) electrons. The summed E-state index contributed by atoms with van der Waals surface area (Å²) in [6.07, 6.45) is 10.2. The minimum Gasteiger partial charge on any atom is -0.204 e. The average Bonchev–Trinajstić information content (AvgIpc) is 2.31. The molecule has 0 fully saturated rings. The van der Waals surface area contributed by atoms with Gasteiger partial charge in [-0.25, -0.2) is 9.78 Å². The molecule has 16 heavy (non-hydrogen) atoms. The van der Waals surface area contributed by atoms with Gasteiger partial charge in [0, 0.05) is 0 Å². The Hall–Kier alpha value is -0.160. The van der Waals surface area contributed by atoms with E-state index in [-0.39, 0.29) is 0 Å². The predicted octanol–water partition coefficient (Wildman–Crippen LogP) is 3.96. The summed E-state index contributed by atoms with van der Waals surface area (Å²) in [4.78, 5) is 9.20. The summed E-state index contributed by atoms with van der Waals surface area (Å²) in [5.41, 5.74) is 0. The lowest BCUT2D eigenvalue weighted by atomic mass is 10.1. The third-order valence-electron chi connectivity index (χ3n) is 2.32. The van der Waals surface area contributed by atoms with Crippen LogP contribution in [-0.2, 0) is 19.9 Å². The molecule has 0 aliphatic carbocycles. The van der Waals surface area contributed by atoms with E-state index in [2.05, 4.69) is 21.9 Å². The quantitative estimate of drug-likeness (QED) is 0.274. The molecule has 0 rings (SSSR count). The van der Waals surface area contributed by atoms with Crippen molar-refractivity contribution in [3.8, 4) is 0 Å². The molecule has 0 atom stereocenters. The average molecular weight is 234 g/mol. The van der Waals surface area contributed by atoms with Crippen molar-refractivity contribution in [3.63, 3.8) is 0 Å². The first-order valence-corrected chi connectivity index (χ1v) is 6.49. The molecule has 4 heteroatoms. The van der Waals surface area contributed by atoms with Crippen LogP contribution in [0.15, 0.2) is 0 Å². The van der Waals surface area contributed by atoms with Crippen LogP contribution in [0, 0.1) is 0 Å². The van der Waals surface area contributed by atoms with Gasteiger partial charge in [-0.3, -0.25) is 0 Å². The van der Waals surface area contributed by atoms with E-state index in [9.17, 15) is 0 Å². The normalized spacial score (nSPS) is 10.9. The Labute approximate surface area is 99.0 Å². The zero-order chi connectivity index (χ0) is 11.9. The maximum atomic E-state index is 4.73. The molecule has 0 aliphatic rings. The molecule has 0 saturated carbocycles. The Kier molecular flexibility index (Phi) is 14.7. The second-order valence-corrected chi connectivity index (χ2v) is 3.84. The van der Waals surface area contributed by atoms with Gasteiger partial charge in [-0.05, 0) is 23.4 Å². The van der Waals surface area contributed by atoms with E-state index in [1.807, 2.05) is 6.92 Å². The first kappa shape index (κ1) is 15.8. The smallest absolute Gasteiger partial charge is 0.0854 e. The summed E-state index contributed by atoms with van der Waals surface area (Å²) < 4.78 is 0. The van der Waals surface area contributed by atoms with E-state index in [0.717, 1.165) is 6.42 Å². The Morgan fingerprint density at radius 1 is 0.625 bits per heavy atom. The highest BCUT2D eigenvalue weighted by Crippen LogP contribution is 2.08. The highest BCUT2D eigenvalue weighted by molar-refractivity contribution is 4.44. The fourth-order valence-electron chi connectivity index (χ4n) is 1.42. The molecule has 0 N–H and O–H groups in total. The number of rotatable bonds is 13. The first-order chi connectivity index (χ1) is 7.91. The summed E-state index contributed by atoms with van der Waals surface area (Å²) in [6.45, 7) is 5.05. The van der Waals surface area contributed by atoms with Crippen molar-refractivity contribution < 1.29 is 19.9 Å². The highest BCUT2D eigenvalue weighted by Gasteiger charge is 1.93. The molecular formula is C12H26O4. The van der Waals surface area contributed by atoms with Crippen LogP contribution in [0.1, 0.15) is 65.2 Å². The molecule has 0 saturated heterocycles. The molecule has 4 nitrogen and oxygen atoms in total. The van der Waals surface area contributed by atoms with Crippen LogP contribution < -0.4 is 0 Å². The van der Waals surface area contributed by atoms with E-state index in [0.29, 0.717) is 13.2 Å². The minimum atomic E-state index is 0.446. The Morgan fingerprint density at radius 2 is 1.19 bits per heavy atom. The van der Waals surface area contributed by atoms with Crippen LogP contribution >= 0.6 is 0 Å². The van der Waals surface area contributed by atoms with E-state index >= 15 is 0 Å². The van der Waals surface area contributed by atoms with Gasteiger partial charge in [-0.1, -0.05) is 51.9 Å². The Morgan fingerprint density at radius 3 is 1.81 bits per heavy atom. The van der Waals surface area contributed by atoms with E-state index in [1.54, 1.807) is 0 Å². The summed E-state index contributed by atoms with van der Waals surface area (Å²) in [5, 5.41) is 8.54. The molecule has 0 aromatic carbocycles. The maximum Gasteiger partial charge on any atom is 0.0854 e. The lowest BCUT2D eigenvalue weighted by Crippen LogP contribution is -1.99. The van der Waals surface area contributed by atoms with Crippen molar-refractivity contribution in [2.45, 2.75) is 65.2 Å². The van der Waals surface area contributed by atoms with Gasteiger partial charge in [0.05, 0.1) is 13.2 Å². The maximum absolute atomic E-state index is 4.73. The topological polar surface area (TPSA) is 36.9 Å². The summed E-state index contributed by atoms with van der Waals surface area (Å²) >= 11 is 0. The second kappa shape index (κ2) is 14.8. The van der Waals surface area contributed by atoms with Gasteiger partial charge >= 0.3 is 0 Å². The van der Waals surface area contributed by atoms with Crippen LogP contribution in [0.3, 0.4) is 0 Å². The van der Waals surface area contributed by atoms with Crippen molar-refractivity contribution in [3.05, 3.63) is 0 Å². The minimum absolute atomic E-state index is 0.446. The van der Waals surface area contributed by atoms with Gasteiger partial charge in [0.2, 0.25) is 0 Å². The largest absolute Gasteiger partial charge is 0.204 e. The van der Waals surface area contributed by atoms with Crippen LogP contribution in [0.2, 0.25) is 0 Å².